The largest absolute Gasteiger partial charge is 0.396 e. The zero-order valence-corrected chi connectivity index (χ0v) is 11.6. The first-order chi connectivity index (χ1) is 10.3. The number of rotatable bonds is 2. The van der Waals surface area contributed by atoms with Gasteiger partial charge >= 0.3 is 0 Å². The number of piperazine rings is 1. The van der Waals surface area contributed by atoms with Crippen molar-refractivity contribution in [1.29, 1.82) is 5.26 Å². The van der Waals surface area contributed by atoms with E-state index in [1.807, 2.05) is 18.2 Å². The first-order valence-electron chi connectivity index (χ1n) is 6.84. The average Bonchev–Trinajstić information content (AvgIpc) is 2.56. The Bertz CT molecular complexity index is 653. The molecule has 1 fully saturated rings. The van der Waals surface area contributed by atoms with Crippen molar-refractivity contribution in [2.75, 3.05) is 41.7 Å². The lowest BCUT2D eigenvalue weighted by molar-refractivity contribution is 0.642. The SMILES string of the molecule is N#Cc1ccc(N2CCN(c3ncccc3N)CC2)nc1. The zero-order chi connectivity index (χ0) is 14.7. The maximum atomic E-state index is 8.80. The van der Waals surface area contributed by atoms with Crippen LogP contribution in [0.1, 0.15) is 5.56 Å². The summed E-state index contributed by atoms with van der Waals surface area (Å²) in [6.07, 6.45) is 3.37. The predicted octanol–water partition coefficient (Wildman–Crippen LogP) is 1.26. The number of nitrogens with zero attached hydrogens (tertiary/aromatic N) is 5. The number of nitrogens with two attached hydrogens (primary N) is 1. The number of pyridine rings is 2. The molecule has 3 rings (SSSR count). The fourth-order valence-corrected chi connectivity index (χ4v) is 2.46. The minimum atomic E-state index is 0.582. The van der Waals surface area contributed by atoms with Crippen molar-refractivity contribution >= 4 is 17.3 Å². The van der Waals surface area contributed by atoms with Gasteiger partial charge in [0.25, 0.3) is 0 Å². The number of hydrogen-bond donors (Lipinski definition) is 1. The molecule has 1 aliphatic heterocycles. The smallest absolute Gasteiger partial charge is 0.151 e. The molecule has 2 N–H and O–H groups in total. The van der Waals surface area contributed by atoms with E-state index in [1.54, 1.807) is 18.5 Å². The Morgan fingerprint density at radius 3 is 2.43 bits per heavy atom. The van der Waals surface area contributed by atoms with Gasteiger partial charge in [0.15, 0.2) is 5.82 Å². The summed E-state index contributed by atoms with van der Waals surface area (Å²) < 4.78 is 0. The minimum absolute atomic E-state index is 0.582. The molecular weight excluding hydrogens is 264 g/mol. The van der Waals surface area contributed by atoms with E-state index in [2.05, 4.69) is 25.8 Å². The van der Waals surface area contributed by atoms with Crippen LogP contribution in [0.2, 0.25) is 0 Å². The van der Waals surface area contributed by atoms with Gasteiger partial charge < -0.3 is 15.5 Å². The van der Waals surface area contributed by atoms with Crippen molar-refractivity contribution in [3.8, 4) is 6.07 Å². The third kappa shape index (κ3) is 2.72. The third-order valence-corrected chi connectivity index (χ3v) is 3.60. The summed E-state index contributed by atoms with van der Waals surface area (Å²) in [5.74, 6) is 1.76. The molecule has 0 atom stereocenters. The number of aromatic nitrogens is 2. The molecule has 0 radical (unpaired) electrons. The maximum Gasteiger partial charge on any atom is 0.151 e. The van der Waals surface area contributed by atoms with Crippen molar-refractivity contribution in [1.82, 2.24) is 9.97 Å². The summed E-state index contributed by atoms with van der Waals surface area (Å²) in [7, 11) is 0. The molecule has 3 heterocycles. The van der Waals surface area contributed by atoms with E-state index >= 15 is 0 Å². The molecule has 6 heteroatoms. The lowest BCUT2D eigenvalue weighted by atomic mass is 10.2. The van der Waals surface area contributed by atoms with Gasteiger partial charge in [-0.1, -0.05) is 0 Å². The van der Waals surface area contributed by atoms with E-state index < -0.39 is 0 Å². The molecule has 0 bridgehead atoms. The first-order valence-corrected chi connectivity index (χ1v) is 6.84. The standard InChI is InChI=1S/C15H16N6/c16-10-12-3-4-14(19-11-12)20-6-8-21(9-7-20)15-13(17)2-1-5-18-15/h1-5,11H,6-9,17H2. The van der Waals surface area contributed by atoms with E-state index in [0.717, 1.165) is 37.8 Å². The van der Waals surface area contributed by atoms with Crippen molar-refractivity contribution in [3.05, 3.63) is 42.2 Å². The minimum Gasteiger partial charge on any atom is -0.396 e. The molecule has 2 aromatic heterocycles. The molecule has 0 amide bonds. The Morgan fingerprint density at radius 1 is 1.05 bits per heavy atom. The van der Waals surface area contributed by atoms with E-state index in [4.69, 9.17) is 11.0 Å². The monoisotopic (exact) mass is 280 g/mol. The molecule has 0 saturated carbocycles. The second kappa shape index (κ2) is 5.67. The number of nitriles is 1. The Kier molecular flexibility index (Phi) is 3.56. The molecule has 0 aliphatic carbocycles. The van der Waals surface area contributed by atoms with Crippen LogP contribution in [-0.2, 0) is 0 Å². The molecule has 106 valence electrons. The first kappa shape index (κ1) is 13.2. The van der Waals surface area contributed by atoms with Gasteiger partial charge in [0, 0.05) is 38.6 Å². The average molecular weight is 280 g/mol. The summed E-state index contributed by atoms with van der Waals surface area (Å²) in [5, 5.41) is 8.80. The lowest BCUT2D eigenvalue weighted by Crippen LogP contribution is -2.47. The molecule has 6 nitrogen and oxygen atoms in total. The van der Waals surface area contributed by atoms with Gasteiger partial charge in [-0.2, -0.15) is 5.26 Å². The summed E-state index contributed by atoms with van der Waals surface area (Å²) in [6.45, 7) is 3.41. The topological polar surface area (TPSA) is 82.1 Å². The summed E-state index contributed by atoms with van der Waals surface area (Å²) in [5.41, 5.74) is 7.26. The van der Waals surface area contributed by atoms with Gasteiger partial charge in [-0.15, -0.1) is 0 Å². The Morgan fingerprint density at radius 2 is 1.81 bits per heavy atom. The van der Waals surface area contributed by atoms with Gasteiger partial charge in [-0.3, -0.25) is 0 Å². The fourth-order valence-electron chi connectivity index (χ4n) is 2.46. The summed E-state index contributed by atoms with van der Waals surface area (Å²) in [6, 6.07) is 9.48. The van der Waals surface area contributed by atoms with Crippen LogP contribution in [0.25, 0.3) is 0 Å². The third-order valence-electron chi connectivity index (χ3n) is 3.60. The van der Waals surface area contributed by atoms with Gasteiger partial charge in [0.05, 0.1) is 11.3 Å². The quantitative estimate of drug-likeness (QED) is 0.891. The van der Waals surface area contributed by atoms with Crippen LogP contribution >= 0.6 is 0 Å². The highest BCUT2D eigenvalue weighted by atomic mass is 15.3. The van der Waals surface area contributed by atoms with Crippen LogP contribution in [0.5, 0.6) is 0 Å². The highest BCUT2D eigenvalue weighted by molar-refractivity contribution is 5.62. The van der Waals surface area contributed by atoms with Gasteiger partial charge in [0.2, 0.25) is 0 Å². The van der Waals surface area contributed by atoms with Crippen molar-refractivity contribution in [2.24, 2.45) is 0 Å². The van der Waals surface area contributed by atoms with E-state index in [0.29, 0.717) is 11.3 Å². The zero-order valence-electron chi connectivity index (χ0n) is 11.6. The van der Waals surface area contributed by atoms with E-state index in [9.17, 15) is 0 Å². The van der Waals surface area contributed by atoms with E-state index in [1.165, 1.54) is 0 Å². The molecular formula is C15H16N6. The second-order valence-electron chi connectivity index (χ2n) is 4.91. The Balaban J connectivity index is 1.67. The van der Waals surface area contributed by atoms with Crippen molar-refractivity contribution in [3.63, 3.8) is 0 Å². The highest BCUT2D eigenvalue weighted by Gasteiger charge is 2.20. The highest BCUT2D eigenvalue weighted by Crippen LogP contribution is 2.22. The van der Waals surface area contributed by atoms with Crippen LogP contribution in [-0.4, -0.2) is 36.1 Å². The molecule has 21 heavy (non-hydrogen) atoms. The molecule has 1 saturated heterocycles. The van der Waals surface area contributed by atoms with Crippen molar-refractivity contribution < 1.29 is 0 Å². The molecule has 0 spiro atoms. The Labute approximate surface area is 123 Å². The lowest BCUT2D eigenvalue weighted by Gasteiger charge is -2.36. The number of anilines is 3. The van der Waals surface area contributed by atoms with Crippen LogP contribution in [0, 0.1) is 11.3 Å². The van der Waals surface area contributed by atoms with Crippen LogP contribution in [0.4, 0.5) is 17.3 Å². The van der Waals surface area contributed by atoms with E-state index in [-0.39, 0.29) is 0 Å². The Hall–Kier alpha value is -2.81. The van der Waals surface area contributed by atoms with Gasteiger partial charge in [-0.25, -0.2) is 9.97 Å². The summed E-state index contributed by atoms with van der Waals surface area (Å²) in [4.78, 5) is 13.1. The predicted molar refractivity (Wildman–Crippen MR) is 82.0 cm³/mol. The number of hydrogen-bond acceptors (Lipinski definition) is 6. The molecule has 0 unspecified atom stereocenters. The normalized spacial score (nSPS) is 14.8. The molecule has 0 aromatic carbocycles. The molecule has 1 aliphatic rings. The number of nitrogen functional groups attached to an aromatic ring is 1. The van der Waals surface area contributed by atoms with Crippen molar-refractivity contribution in [2.45, 2.75) is 0 Å². The summed E-state index contributed by atoms with van der Waals surface area (Å²) >= 11 is 0. The second-order valence-corrected chi connectivity index (χ2v) is 4.91. The van der Waals surface area contributed by atoms with Crippen LogP contribution in [0.15, 0.2) is 36.7 Å². The maximum absolute atomic E-state index is 8.80. The van der Waals surface area contributed by atoms with Crippen LogP contribution in [0.3, 0.4) is 0 Å². The van der Waals surface area contributed by atoms with Gasteiger partial charge in [0.1, 0.15) is 11.9 Å². The fraction of sp³-hybridized carbons (Fsp3) is 0.267. The van der Waals surface area contributed by atoms with Gasteiger partial charge in [-0.05, 0) is 24.3 Å². The van der Waals surface area contributed by atoms with Crippen LogP contribution < -0.4 is 15.5 Å². The molecule has 2 aromatic rings.